The van der Waals surface area contributed by atoms with E-state index >= 15 is 0 Å². The zero-order valence-electron chi connectivity index (χ0n) is 11.8. The van der Waals surface area contributed by atoms with E-state index in [0.29, 0.717) is 19.4 Å². The van der Waals surface area contributed by atoms with Crippen molar-refractivity contribution in [2.75, 3.05) is 13.1 Å². The third kappa shape index (κ3) is 3.13. The lowest BCUT2D eigenvalue weighted by Gasteiger charge is -2.33. The van der Waals surface area contributed by atoms with Gasteiger partial charge in [-0.3, -0.25) is 4.79 Å². The van der Waals surface area contributed by atoms with Gasteiger partial charge in [0.05, 0.1) is 6.07 Å². The lowest BCUT2D eigenvalue weighted by molar-refractivity contribution is -0.139. The van der Waals surface area contributed by atoms with Crippen molar-refractivity contribution >= 4 is 5.91 Å². The van der Waals surface area contributed by atoms with Gasteiger partial charge in [0, 0.05) is 13.1 Å². The molecule has 0 aromatic carbocycles. The first-order chi connectivity index (χ1) is 8.59. The van der Waals surface area contributed by atoms with Gasteiger partial charge < -0.3 is 4.90 Å². The number of carbonyl (C=O) groups excluding carboxylic acids is 1. The normalized spacial score (nSPS) is 16.1. The van der Waals surface area contributed by atoms with Crippen molar-refractivity contribution in [3.05, 3.63) is 11.6 Å². The van der Waals surface area contributed by atoms with E-state index in [4.69, 9.17) is 0 Å². The van der Waals surface area contributed by atoms with Crippen LogP contribution >= 0.6 is 0 Å². The Balaban J connectivity index is 2.86. The SMILES string of the molecule is CCCC(C#N)(CCC)C(=O)N1CC=C(C)CC1. The maximum Gasteiger partial charge on any atom is 0.243 e. The molecule has 18 heavy (non-hydrogen) atoms. The Morgan fingerprint density at radius 1 is 1.44 bits per heavy atom. The molecule has 0 spiro atoms. The summed E-state index contributed by atoms with van der Waals surface area (Å²) < 4.78 is 0. The highest BCUT2D eigenvalue weighted by atomic mass is 16.2. The van der Waals surface area contributed by atoms with Crippen LogP contribution in [0.25, 0.3) is 0 Å². The van der Waals surface area contributed by atoms with Crippen LogP contribution in [-0.2, 0) is 4.79 Å². The van der Waals surface area contributed by atoms with Crippen molar-refractivity contribution in [2.24, 2.45) is 5.41 Å². The van der Waals surface area contributed by atoms with Gasteiger partial charge in [-0.15, -0.1) is 0 Å². The van der Waals surface area contributed by atoms with Crippen molar-refractivity contribution in [1.82, 2.24) is 4.90 Å². The molecule has 0 unspecified atom stereocenters. The first-order valence-electron chi connectivity index (χ1n) is 6.96. The molecule has 3 nitrogen and oxygen atoms in total. The van der Waals surface area contributed by atoms with E-state index in [0.717, 1.165) is 25.8 Å². The highest BCUT2D eigenvalue weighted by molar-refractivity contribution is 5.85. The molecule has 0 aromatic heterocycles. The summed E-state index contributed by atoms with van der Waals surface area (Å²) in [6, 6.07) is 2.31. The molecule has 0 aliphatic carbocycles. The van der Waals surface area contributed by atoms with Crippen LogP contribution in [0.4, 0.5) is 0 Å². The Morgan fingerprint density at radius 2 is 2.06 bits per heavy atom. The molecular formula is C15H24N2O. The molecule has 3 heteroatoms. The van der Waals surface area contributed by atoms with Crippen LogP contribution in [0, 0.1) is 16.7 Å². The summed E-state index contributed by atoms with van der Waals surface area (Å²) in [7, 11) is 0. The van der Waals surface area contributed by atoms with Gasteiger partial charge >= 0.3 is 0 Å². The second kappa shape index (κ2) is 6.58. The van der Waals surface area contributed by atoms with Crippen molar-refractivity contribution in [3.63, 3.8) is 0 Å². The van der Waals surface area contributed by atoms with Gasteiger partial charge in [-0.05, 0) is 26.2 Å². The van der Waals surface area contributed by atoms with Gasteiger partial charge in [0.15, 0.2) is 0 Å². The molecule has 0 fully saturated rings. The third-order valence-corrected chi connectivity index (χ3v) is 3.70. The minimum absolute atomic E-state index is 0.0393. The minimum atomic E-state index is -0.789. The van der Waals surface area contributed by atoms with E-state index in [9.17, 15) is 10.1 Å². The van der Waals surface area contributed by atoms with E-state index in [1.165, 1.54) is 5.57 Å². The van der Waals surface area contributed by atoms with Gasteiger partial charge in [-0.1, -0.05) is 38.3 Å². The van der Waals surface area contributed by atoms with Crippen LogP contribution in [0.2, 0.25) is 0 Å². The van der Waals surface area contributed by atoms with E-state index in [2.05, 4.69) is 19.1 Å². The largest absolute Gasteiger partial charge is 0.337 e. The summed E-state index contributed by atoms with van der Waals surface area (Å²) in [6.07, 6.45) is 6.14. The predicted molar refractivity (Wildman–Crippen MR) is 72.8 cm³/mol. The average Bonchev–Trinajstić information content (AvgIpc) is 2.38. The quantitative estimate of drug-likeness (QED) is 0.701. The minimum Gasteiger partial charge on any atom is -0.337 e. The van der Waals surface area contributed by atoms with Crippen LogP contribution < -0.4 is 0 Å². The summed E-state index contributed by atoms with van der Waals surface area (Å²) in [4.78, 5) is 14.5. The average molecular weight is 248 g/mol. The smallest absolute Gasteiger partial charge is 0.243 e. The molecule has 1 aliphatic rings. The molecular weight excluding hydrogens is 224 g/mol. The molecule has 0 radical (unpaired) electrons. The van der Waals surface area contributed by atoms with Gasteiger partial charge in [0.2, 0.25) is 5.91 Å². The lowest BCUT2D eigenvalue weighted by atomic mass is 9.79. The fourth-order valence-corrected chi connectivity index (χ4v) is 2.61. The van der Waals surface area contributed by atoms with Crippen molar-refractivity contribution in [3.8, 4) is 6.07 Å². The number of hydrogen-bond acceptors (Lipinski definition) is 2. The molecule has 0 saturated carbocycles. The highest BCUT2D eigenvalue weighted by Crippen LogP contribution is 2.32. The fourth-order valence-electron chi connectivity index (χ4n) is 2.61. The van der Waals surface area contributed by atoms with Crippen LogP contribution in [-0.4, -0.2) is 23.9 Å². The fraction of sp³-hybridized carbons (Fsp3) is 0.733. The molecule has 0 aromatic rings. The topological polar surface area (TPSA) is 44.1 Å². The summed E-state index contributed by atoms with van der Waals surface area (Å²) in [5, 5.41) is 9.48. The zero-order chi connectivity index (χ0) is 13.6. The number of carbonyl (C=O) groups is 1. The maximum atomic E-state index is 12.6. The highest BCUT2D eigenvalue weighted by Gasteiger charge is 2.40. The van der Waals surface area contributed by atoms with E-state index in [-0.39, 0.29) is 5.91 Å². The molecule has 1 amide bonds. The van der Waals surface area contributed by atoms with Gasteiger partial charge in [0.25, 0.3) is 0 Å². The second-order valence-electron chi connectivity index (χ2n) is 5.25. The van der Waals surface area contributed by atoms with Crippen molar-refractivity contribution < 1.29 is 4.79 Å². The zero-order valence-corrected chi connectivity index (χ0v) is 11.8. The van der Waals surface area contributed by atoms with Crippen molar-refractivity contribution in [2.45, 2.75) is 52.9 Å². The number of rotatable bonds is 5. The first kappa shape index (κ1) is 14.8. The second-order valence-corrected chi connectivity index (χ2v) is 5.25. The Hall–Kier alpha value is -1.30. The van der Waals surface area contributed by atoms with E-state index < -0.39 is 5.41 Å². The monoisotopic (exact) mass is 248 g/mol. The number of amides is 1. The molecule has 0 N–H and O–H groups in total. The van der Waals surface area contributed by atoms with Gasteiger partial charge in [0.1, 0.15) is 5.41 Å². The maximum absolute atomic E-state index is 12.6. The van der Waals surface area contributed by atoms with E-state index in [1.807, 2.05) is 18.7 Å². The van der Waals surface area contributed by atoms with Crippen LogP contribution in [0.15, 0.2) is 11.6 Å². The Bertz CT molecular complexity index is 359. The molecule has 0 bridgehead atoms. The summed E-state index contributed by atoms with van der Waals surface area (Å²) >= 11 is 0. The van der Waals surface area contributed by atoms with Crippen molar-refractivity contribution in [1.29, 1.82) is 5.26 Å². The first-order valence-corrected chi connectivity index (χ1v) is 6.96. The Labute approximate surface area is 110 Å². The number of nitrogens with zero attached hydrogens (tertiary/aromatic N) is 2. The number of nitriles is 1. The predicted octanol–water partition coefficient (Wildman–Crippen LogP) is 3.28. The molecule has 0 atom stereocenters. The standard InChI is InChI=1S/C15H24N2O/c1-4-8-15(12-16,9-5-2)14(18)17-10-6-13(3)7-11-17/h6H,4-5,7-11H2,1-3H3. The molecule has 0 saturated heterocycles. The van der Waals surface area contributed by atoms with Gasteiger partial charge in [-0.25, -0.2) is 0 Å². The summed E-state index contributed by atoms with van der Waals surface area (Å²) in [5.41, 5.74) is 0.551. The lowest BCUT2D eigenvalue weighted by Crippen LogP contribution is -2.45. The number of hydrogen-bond donors (Lipinski definition) is 0. The van der Waals surface area contributed by atoms with Crippen LogP contribution in [0.1, 0.15) is 52.9 Å². The summed E-state index contributed by atoms with van der Waals surface area (Å²) in [6.45, 7) is 7.60. The van der Waals surface area contributed by atoms with Crippen LogP contribution in [0.5, 0.6) is 0 Å². The molecule has 100 valence electrons. The summed E-state index contributed by atoms with van der Waals surface area (Å²) in [5.74, 6) is 0.0393. The van der Waals surface area contributed by atoms with E-state index in [1.54, 1.807) is 0 Å². The molecule has 1 rings (SSSR count). The molecule has 1 heterocycles. The Kier molecular flexibility index (Phi) is 5.40. The van der Waals surface area contributed by atoms with Crippen LogP contribution in [0.3, 0.4) is 0 Å². The molecule has 1 aliphatic heterocycles. The third-order valence-electron chi connectivity index (χ3n) is 3.70. The van der Waals surface area contributed by atoms with Gasteiger partial charge in [-0.2, -0.15) is 5.26 Å². The Morgan fingerprint density at radius 3 is 2.44 bits per heavy atom.